The highest BCUT2D eigenvalue weighted by Gasteiger charge is 2.60. The van der Waals surface area contributed by atoms with Gasteiger partial charge in [-0.25, -0.2) is 4.39 Å². The maximum Gasteiger partial charge on any atom is 0.264 e. The zero-order valence-electron chi connectivity index (χ0n) is 16.7. The number of halogens is 1. The number of ether oxygens (including phenoxy) is 2. The Morgan fingerprint density at radius 2 is 2.07 bits per heavy atom. The van der Waals surface area contributed by atoms with Gasteiger partial charge in [-0.3, -0.25) is 4.18 Å². The molecule has 2 saturated carbocycles. The first-order valence-corrected chi connectivity index (χ1v) is 11.8. The van der Waals surface area contributed by atoms with Crippen molar-refractivity contribution in [2.45, 2.75) is 57.2 Å². The summed E-state index contributed by atoms with van der Waals surface area (Å²) in [6.07, 6.45) is 2.95. The molecule has 2 fully saturated rings. The summed E-state index contributed by atoms with van der Waals surface area (Å²) in [6, 6.07) is 6.23. The van der Waals surface area contributed by atoms with Gasteiger partial charge >= 0.3 is 0 Å². The summed E-state index contributed by atoms with van der Waals surface area (Å²) in [4.78, 5) is 0. The summed E-state index contributed by atoms with van der Waals surface area (Å²) in [5, 5.41) is 0. The summed E-state index contributed by atoms with van der Waals surface area (Å²) in [6.45, 7) is 2.26. The molecule has 0 radical (unpaired) electrons. The molecule has 0 bridgehead atoms. The lowest BCUT2D eigenvalue weighted by Crippen LogP contribution is -2.46. The molecule has 0 N–H and O–H groups in total. The van der Waals surface area contributed by atoms with Crippen LogP contribution in [0.1, 0.15) is 49.7 Å². The van der Waals surface area contributed by atoms with Crippen molar-refractivity contribution in [1.29, 1.82) is 0 Å². The van der Waals surface area contributed by atoms with Crippen LogP contribution in [0.3, 0.4) is 0 Å². The largest absolute Gasteiger partial charge is 0.468 e. The highest BCUT2D eigenvalue weighted by molar-refractivity contribution is 7.86. The minimum absolute atomic E-state index is 0.144. The quantitative estimate of drug-likeness (QED) is 0.545. The molecule has 1 aromatic rings. The van der Waals surface area contributed by atoms with Crippen LogP contribution in [0.25, 0.3) is 0 Å². The molecule has 0 aromatic heterocycles. The second-order valence-corrected chi connectivity index (χ2v) is 10.4. The van der Waals surface area contributed by atoms with Crippen LogP contribution in [0.15, 0.2) is 18.2 Å². The summed E-state index contributed by atoms with van der Waals surface area (Å²) in [5.74, 6) is 1.71. The number of benzene rings is 1. The van der Waals surface area contributed by atoms with E-state index in [1.807, 2.05) is 13.0 Å². The van der Waals surface area contributed by atoms with E-state index in [9.17, 15) is 12.8 Å². The Morgan fingerprint density at radius 3 is 2.79 bits per heavy atom. The number of hydrogen-bond donors (Lipinski definition) is 0. The molecule has 6 atom stereocenters. The number of alkyl halides is 1. The Hall–Kier alpha value is -1.18. The van der Waals surface area contributed by atoms with Gasteiger partial charge in [0.25, 0.3) is 10.1 Å². The van der Waals surface area contributed by atoms with Gasteiger partial charge in [0.2, 0.25) is 0 Å². The molecular weight excluding hydrogens is 382 g/mol. The van der Waals surface area contributed by atoms with Crippen molar-refractivity contribution < 1.29 is 26.5 Å². The number of fused-ring (bicyclic) bond motifs is 5. The fourth-order valence-corrected chi connectivity index (χ4v) is 6.78. The van der Waals surface area contributed by atoms with Gasteiger partial charge in [0.1, 0.15) is 18.0 Å². The van der Waals surface area contributed by atoms with Crippen molar-refractivity contribution in [3.05, 3.63) is 29.3 Å². The summed E-state index contributed by atoms with van der Waals surface area (Å²) in [7, 11) is -2.08. The van der Waals surface area contributed by atoms with E-state index in [1.165, 1.54) is 11.1 Å². The smallest absolute Gasteiger partial charge is 0.264 e. The van der Waals surface area contributed by atoms with Crippen LogP contribution in [0.2, 0.25) is 0 Å². The molecule has 28 heavy (non-hydrogen) atoms. The number of methoxy groups -OCH3 is 1. The highest BCUT2D eigenvalue weighted by atomic mass is 32.2. The lowest BCUT2D eigenvalue weighted by atomic mass is 9.55. The van der Waals surface area contributed by atoms with Gasteiger partial charge in [-0.05, 0) is 73.1 Å². The third kappa shape index (κ3) is 3.46. The van der Waals surface area contributed by atoms with Crippen LogP contribution in [0.5, 0.6) is 5.75 Å². The summed E-state index contributed by atoms with van der Waals surface area (Å²) in [5.41, 5.74) is 2.21. The van der Waals surface area contributed by atoms with Gasteiger partial charge in [-0.2, -0.15) is 8.42 Å². The number of aryl methyl sites for hydroxylation is 1. The molecule has 5 nitrogen and oxygen atoms in total. The summed E-state index contributed by atoms with van der Waals surface area (Å²) >= 11 is 0. The maximum atomic E-state index is 14.9. The normalized spacial score (nSPS) is 37.1. The van der Waals surface area contributed by atoms with E-state index in [2.05, 4.69) is 12.1 Å². The van der Waals surface area contributed by atoms with Crippen molar-refractivity contribution in [2.24, 2.45) is 17.3 Å². The number of hydrogen-bond acceptors (Lipinski definition) is 5. The van der Waals surface area contributed by atoms with E-state index >= 15 is 0 Å². The van der Waals surface area contributed by atoms with Crippen molar-refractivity contribution >= 4 is 10.1 Å². The van der Waals surface area contributed by atoms with Crippen molar-refractivity contribution in [2.75, 3.05) is 20.2 Å². The molecule has 7 heteroatoms. The first kappa shape index (κ1) is 20.1. The topological polar surface area (TPSA) is 61.8 Å². The van der Waals surface area contributed by atoms with Gasteiger partial charge in [0.05, 0.1) is 6.26 Å². The average Bonchev–Trinajstić information content (AvgIpc) is 2.89. The lowest BCUT2D eigenvalue weighted by Gasteiger charge is -2.50. The van der Waals surface area contributed by atoms with E-state index < -0.39 is 27.8 Å². The second-order valence-electron chi connectivity index (χ2n) is 8.84. The molecule has 0 aliphatic heterocycles. The van der Waals surface area contributed by atoms with Crippen molar-refractivity contribution in [3.63, 3.8) is 0 Å². The van der Waals surface area contributed by atoms with Crippen LogP contribution in [-0.4, -0.2) is 40.9 Å². The predicted molar refractivity (Wildman–Crippen MR) is 104 cm³/mol. The maximum absolute atomic E-state index is 14.9. The predicted octanol–water partition coefficient (Wildman–Crippen LogP) is 3.82. The van der Waals surface area contributed by atoms with Gasteiger partial charge in [0, 0.05) is 12.5 Å². The average molecular weight is 412 g/mol. The first-order chi connectivity index (χ1) is 13.2. The molecular formula is C21H29FO5S. The Bertz CT molecular complexity index is 841. The molecule has 3 aliphatic carbocycles. The Morgan fingerprint density at radius 1 is 1.29 bits per heavy atom. The lowest BCUT2D eigenvalue weighted by molar-refractivity contribution is -0.0191. The molecule has 0 heterocycles. The van der Waals surface area contributed by atoms with Gasteiger partial charge in [0.15, 0.2) is 6.79 Å². The molecule has 0 amide bonds. The van der Waals surface area contributed by atoms with Crippen molar-refractivity contribution in [1.82, 2.24) is 0 Å². The molecule has 4 rings (SSSR count). The molecule has 3 aliphatic rings. The molecule has 0 saturated heterocycles. The van der Waals surface area contributed by atoms with Gasteiger partial charge < -0.3 is 9.47 Å². The molecule has 156 valence electrons. The van der Waals surface area contributed by atoms with Gasteiger partial charge in [-0.15, -0.1) is 0 Å². The van der Waals surface area contributed by atoms with Crippen LogP contribution >= 0.6 is 0 Å². The Balaban J connectivity index is 1.59. The highest BCUT2D eigenvalue weighted by Crippen LogP contribution is 2.62. The third-order valence-electron chi connectivity index (χ3n) is 7.22. The SMILES string of the molecule is COCOc1ccc2c(c1)CCC1C2CC[C@@]2(C)C1C[C@H]([18F])[C@@H]2OS(C)(=O)=O. The van der Waals surface area contributed by atoms with E-state index in [0.717, 1.165) is 37.7 Å². The van der Waals surface area contributed by atoms with Crippen LogP contribution in [0.4, 0.5) is 4.39 Å². The van der Waals surface area contributed by atoms with Crippen LogP contribution in [-0.2, 0) is 25.5 Å². The van der Waals surface area contributed by atoms with E-state index in [-0.39, 0.29) is 12.7 Å². The van der Waals surface area contributed by atoms with Gasteiger partial charge in [-0.1, -0.05) is 13.0 Å². The van der Waals surface area contributed by atoms with Crippen LogP contribution in [0, 0.1) is 17.3 Å². The first-order valence-electron chi connectivity index (χ1n) is 10.00. The minimum atomic E-state index is -3.68. The molecule has 3 unspecified atom stereocenters. The minimum Gasteiger partial charge on any atom is -0.468 e. The molecule has 0 spiro atoms. The van der Waals surface area contributed by atoms with Crippen LogP contribution < -0.4 is 4.74 Å². The van der Waals surface area contributed by atoms with E-state index in [4.69, 9.17) is 13.7 Å². The zero-order valence-corrected chi connectivity index (χ0v) is 17.5. The number of rotatable bonds is 5. The summed E-state index contributed by atoms with van der Waals surface area (Å²) < 4.78 is 54.1. The standard InChI is InChI=1S/C21H29FO5S/c1-21-9-8-16-15-7-5-14(26-12-25-2)10-13(15)4-6-17(16)18(21)11-19(22)20(21)27-28(3,23)24/h5,7,10,16-20H,4,6,8-9,11-12H2,1-3H3/t16?,17?,18?,19-,20-,21-/m0/s1/i22-1. The fraction of sp³-hybridized carbons (Fsp3) is 0.714. The Labute approximate surface area is 166 Å². The van der Waals surface area contributed by atoms with Crippen molar-refractivity contribution in [3.8, 4) is 5.75 Å². The third-order valence-corrected chi connectivity index (χ3v) is 7.77. The second kappa shape index (κ2) is 7.26. The zero-order chi connectivity index (χ0) is 20.1. The monoisotopic (exact) mass is 411 g/mol. The molecule has 1 aromatic carbocycles. The fourth-order valence-electron chi connectivity index (χ4n) is 6.06. The van der Waals surface area contributed by atoms with E-state index in [1.54, 1.807) is 7.11 Å². The van der Waals surface area contributed by atoms with E-state index in [0.29, 0.717) is 18.3 Å². The Kier molecular flexibility index (Phi) is 5.21.